The zero-order valence-corrected chi connectivity index (χ0v) is 27.7. The highest BCUT2D eigenvalue weighted by molar-refractivity contribution is 6.01. The number of ether oxygens (including phenoxy) is 2. The Hall–Kier alpha value is -4.10. The Morgan fingerprint density at radius 3 is 2.61 bits per heavy atom. The largest absolute Gasteiger partial charge is 0.461 e. The quantitative estimate of drug-likeness (QED) is 0.116. The van der Waals surface area contributed by atoms with Crippen LogP contribution in [0.15, 0.2) is 36.5 Å². The van der Waals surface area contributed by atoms with Crippen LogP contribution >= 0.6 is 0 Å². The molecule has 3 fully saturated rings. The van der Waals surface area contributed by atoms with Crippen LogP contribution in [0.1, 0.15) is 51.0 Å². The first-order chi connectivity index (χ1) is 23.6. The topological polar surface area (TPSA) is 92.7 Å². The fourth-order valence-corrected chi connectivity index (χ4v) is 8.27. The Bertz CT molecular complexity index is 1880. The van der Waals surface area contributed by atoms with E-state index in [1.165, 1.54) is 24.1 Å². The second-order valence-electron chi connectivity index (χ2n) is 14.0. The van der Waals surface area contributed by atoms with Crippen LogP contribution in [-0.4, -0.2) is 89.8 Å². The number of anilines is 1. The predicted octanol–water partition coefficient (Wildman–Crippen LogP) is 6.06. The molecular weight excluding hydrogens is 640 g/mol. The predicted molar refractivity (Wildman–Crippen MR) is 178 cm³/mol. The van der Waals surface area contributed by atoms with E-state index in [-0.39, 0.29) is 47.1 Å². The Balaban J connectivity index is 1.37. The summed E-state index contributed by atoms with van der Waals surface area (Å²) in [7, 11) is 1.58. The van der Waals surface area contributed by atoms with Crippen molar-refractivity contribution in [2.45, 2.75) is 68.9 Å². The molecule has 4 aromatic rings. The molecule has 0 saturated carbocycles. The number of piperidine rings is 1. The summed E-state index contributed by atoms with van der Waals surface area (Å²) < 4.78 is 74.2. The van der Waals surface area contributed by atoms with Gasteiger partial charge in [-0.2, -0.15) is 9.97 Å². The van der Waals surface area contributed by atoms with Crippen LogP contribution < -0.4 is 15.0 Å². The molecule has 49 heavy (non-hydrogen) atoms. The van der Waals surface area contributed by atoms with Crippen molar-refractivity contribution in [2.24, 2.45) is 0 Å². The Kier molecular flexibility index (Phi) is 8.85. The fraction of sp³-hybridized carbons (Fsp3) is 0.500. The number of alkyl halides is 2. The summed E-state index contributed by atoms with van der Waals surface area (Å²) in [5.41, 5.74) is -0.853. The molecule has 0 spiro atoms. The van der Waals surface area contributed by atoms with Gasteiger partial charge in [0.15, 0.2) is 5.82 Å². The van der Waals surface area contributed by atoms with Gasteiger partial charge in [0.25, 0.3) is 5.92 Å². The molecule has 1 amide bonds. The summed E-state index contributed by atoms with van der Waals surface area (Å²) in [6.07, 6.45) is 6.13. The van der Waals surface area contributed by atoms with Gasteiger partial charge in [-0.3, -0.25) is 14.7 Å². The number of hydrogen-bond acceptors (Lipinski definition) is 8. The Morgan fingerprint density at radius 2 is 1.86 bits per heavy atom. The number of aryl methyl sites for hydroxylation is 1. The van der Waals surface area contributed by atoms with Crippen molar-refractivity contribution in [1.29, 1.82) is 0 Å². The lowest BCUT2D eigenvalue weighted by Crippen LogP contribution is -2.61. The molecule has 3 saturated heterocycles. The monoisotopic (exact) mass is 680 g/mol. The number of methoxy groups -OCH3 is 1. The summed E-state index contributed by atoms with van der Waals surface area (Å²) in [4.78, 5) is 28.8. The molecule has 0 bridgehead atoms. The fourth-order valence-electron chi connectivity index (χ4n) is 8.27. The highest BCUT2D eigenvalue weighted by Crippen LogP contribution is 2.42. The average molecular weight is 681 g/mol. The van der Waals surface area contributed by atoms with E-state index in [0.717, 1.165) is 44.2 Å². The van der Waals surface area contributed by atoms with Crippen LogP contribution in [0.3, 0.4) is 0 Å². The summed E-state index contributed by atoms with van der Waals surface area (Å²) in [6, 6.07) is 8.19. The third-order valence-corrected chi connectivity index (χ3v) is 10.4. The number of pyridine rings is 1. The molecule has 1 N–H and O–H groups in total. The lowest BCUT2D eigenvalue weighted by Gasteiger charge is -2.44. The lowest BCUT2D eigenvalue weighted by molar-refractivity contribution is -0.112. The summed E-state index contributed by atoms with van der Waals surface area (Å²) in [5, 5.41) is 3.91. The summed E-state index contributed by atoms with van der Waals surface area (Å²) in [6.45, 7) is 3.48. The number of carbonyl (C=O) groups excluding carboxylic acids is 1. The van der Waals surface area contributed by atoms with Crippen LogP contribution in [0.5, 0.6) is 6.01 Å². The maximum absolute atomic E-state index is 17.0. The van der Waals surface area contributed by atoms with E-state index in [1.54, 1.807) is 25.3 Å². The summed E-state index contributed by atoms with van der Waals surface area (Å²) >= 11 is 0. The van der Waals surface area contributed by atoms with Gasteiger partial charge in [-0.05, 0) is 80.9 Å². The van der Waals surface area contributed by atoms with Crippen molar-refractivity contribution < 1.29 is 31.8 Å². The van der Waals surface area contributed by atoms with Gasteiger partial charge in [0.1, 0.15) is 29.5 Å². The molecule has 1 atom stereocenters. The highest BCUT2D eigenvalue weighted by Gasteiger charge is 2.48. The van der Waals surface area contributed by atoms with E-state index >= 15 is 17.6 Å². The van der Waals surface area contributed by atoms with Crippen molar-refractivity contribution in [3.8, 4) is 17.3 Å². The number of nitrogens with one attached hydrogen (secondary N) is 1. The van der Waals surface area contributed by atoms with E-state index in [4.69, 9.17) is 9.47 Å². The molecule has 7 rings (SSSR count). The molecule has 260 valence electrons. The number of halogens is 4. The van der Waals surface area contributed by atoms with Crippen molar-refractivity contribution in [3.63, 3.8) is 0 Å². The van der Waals surface area contributed by atoms with Crippen LogP contribution in [0.4, 0.5) is 23.4 Å². The minimum Gasteiger partial charge on any atom is -0.461 e. The van der Waals surface area contributed by atoms with Crippen LogP contribution in [0.25, 0.3) is 32.9 Å². The smallest absolute Gasteiger partial charge is 0.319 e. The van der Waals surface area contributed by atoms with Gasteiger partial charge in [0, 0.05) is 38.4 Å². The average Bonchev–Trinajstić information content (AvgIpc) is 3.65. The molecule has 3 aliphatic heterocycles. The molecule has 0 radical (unpaired) electrons. The molecule has 13 heteroatoms. The number of aromatic nitrogens is 3. The maximum Gasteiger partial charge on any atom is 0.319 e. The molecule has 2 aromatic carbocycles. The Labute approximate surface area is 282 Å². The standard InChI is InChI=1S/C36H40F4N6O3/c1-34(42-22-47)18-36(39,40)20-45(19-34)32-26-17-41-30(25-8-3-7-23-10-11-27(37)24(28(23)25)9-4-16-48-2)29(38)31(26)43-33(44-32)49-21-35-12-5-14-46(35)15-6-13-35/h3,7-8,10-11,17,22H,4-6,9,12-16,18-21H2,1-2H3,(H,42,47). The zero-order chi connectivity index (χ0) is 34.4. The number of fused-ring (bicyclic) bond motifs is 3. The SMILES string of the molecule is COCCCc1c(F)ccc2cccc(-c3ncc4c(N5CC(F)(F)CC(C)(NC=O)C5)nc(OCC56CCCN5CCC6)nc4c3F)c12. The van der Waals surface area contributed by atoms with Crippen LogP contribution in [0.2, 0.25) is 0 Å². The second-order valence-corrected chi connectivity index (χ2v) is 14.0. The van der Waals surface area contributed by atoms with Crippen LogP contribution in [0, 0.1) is 11.6 Å². The first-order valence-electron chi connectivity index (χ1n) is 16.8. The molecule has 3 aliphatic rings. The third-order valence-electron chi connectivity index (χ3n) is 10.4. The normalized spacial score (nSPS) is 21.7. The molecule has 0 aliphatic carbocycles. The second kappa shape index (κ2) is 13.0. The minimum absolute atomic E-state index is 0.0125. The van der Waals surface area contributed by atoms with E-state index in [1.807, 2.05) is 6.07 Å². The van der Waals surface area contributed by atoms with Crippen LogP contribution in [-0.2, 0) is 16.0 Å². The number of hydrogen-bond donors (Lipinski definition) is 1. The van der Waals surface area contributed by atoms with E-state index in [2.05, 4.69) is 25.2 Å². The molecular formula is C36H40F4N6O3. The lowest BCUT2D eigenvalue weighted by atomic mass is 9.88. The molecule has 9 nitrogen and oxygen atoms in total. The first kappa shape index (κ1) is 33.4. The van der Waals surface area contributed by atoms with Gasteiger partial charge >= 0.3 is 6.01 Å². The van der Waals surface area contributed by atoms with Crippen molar-refractivity contribution in [3.05, 3.63) is 53.7 Å². The maximum atomic E-state index is 17.0. The third kappa shape index (κ3) is 6.27. The first-order valence-corrected chi connectivity index (χ1v) is 16.8. The van der Waals surface area contributed by atoms with Gasteiger partial charge in [0.05, 0.1) is 23.0 Å². The number of carbonyl (C=O) groups is 1. The Morgan fingerprint density at radius 1 is 1.06 bits per heavy atom. The van der Waals surface area contributed by atoms with Gasteiger partial charge in [-0.25, -0.2) is 17.6 Å². The minimum atomic E-state index is -3.19. The number of benzene rings is 2. The van der Waals surface area contributed by atoms with Gasteiger partial charge in [-0.15, -0.1) is 0 Å². The molecule has 2 aromatic heterocycles. The number of amides is 1. The molecule has 1 unspecified atom stereocenters. The van der Waals surface area contributed by atoms with Gasteiger partial charge in [0.2, 0.25) is 6.41 Å². The summed E-state index contributed by atoms with van der Waals surface area (Å²) in [5.74, 6) is -4.37. The van der Waals surface area contributed by atoms with E-state index < -0.39 is 36.1 Å². The van der Waals surface area contributed by atoms with Crippen molar-refractivity contribution in [2.75, 3.05) is 51.4 Å². The zero-order valence-electron chi connectivity index (χ0n) is 27.7. The van der Waals surface area contributed by atoms with Crippen molar-refractivity contribution >= 4 is 33.9 Å². The molecule has 5 heterocycles. The highest BCUT2D eigenvalue weighted by atomic mass is 19.3. The van der Waals surface area contributed by atoms with E-state index in [9.17, 15) is 4.79 Å². The van der Waals surface area contributed by atoms with Gasteiger partial charge in [-0.1, -0.05) is 24.3 Å². The van der Waals surface area contributed by atoms with Crippen molar-refractivity contribution in [1.82, 2.24) is 25.2 Å². The number of rotatable bonds is 11. The number of nitrogens with zero attached hydrogens (tertiary/aromatic N) is 5. The van der Waals surface area contributed by atoms with E-state index in [0.29, 0.717) is 42.4 Å². The van der Waals surface area contributed by atoms with Gasteiger partial charge < -0.3 is 19.7 Å².